The quantitative estimate of drug-likeness (QED) is 0.883. The molecule has 9 heteroatoms. The number of rotatable bonds is 4. The number of fused-ring (bicyclic) bond motifs is 1. The number of nitrogens with one attached hydrogen (secondary N) is 2. The van der Waals surface area contributed by atoms with Crippen LogP contribution in [-0.4, -0.2) is 41.0 Å². The molecule has 1 aliphatic heterocycles. The summed E-state index contributed by atoms with van der Waals surface area (Å²) in [6.07, 6.45) is -3.97. The molecule has 1 aromatic heterocycles. The van der Waals surface area contributed by atoms with E-state index < -0.39 is 6.36 Å². The van der Waals surface area contributed by atoms with Gasteiger partial charge >= 0.3 is 6.36 Å². The van der Waals surface area contributed by atoms with Gasteiger partial charge in [-0.3, -0.25) is 9.89 Å². The van der Waals surface area contributed by atoms with Crippen molar-refractivity contribution in [3.05, 3.63) is 46.8 Å². The Kier molecular flexibility index (Phi) is 4.67. The van der Waals surface area contributed by atoms with Crippen molar-refractivity contribution in [3.8, 4) is 5.75 Å². The van der Waals surface area contributed by atoms with Gasteiger partial charge < -0.3 is 15.0 Å². The zero-order chi connectivity index (χ0) is 18.0. The van der Waals surface area contributed by atoms with Crippen LogP contribution in [0.4, 0.5) is 13.2 Å². The lowest BCUT2D eigenvalue weighted by atomic mass is 10.1. The summed E-state index contributed by atoms with van der Waals surface area (Å²) in [7, 11) is 1.58. The highest BCUT2D eigenvalue weighted by Gasteiger charge is 2.31. The molecule has 25 heavy (non-hydrogen) atoms. The Labute approximate surface area is 142 Å². The molecule has 2 N–H and O–H groups in total. The molecule has 0 bridgehead atoms. The molecule has 0 aliphatic carbocycles. The van der Waals surface area contributed by atoms with Gasteiger partial charge in [0.05, 0.1) is 0 Å². The molecular formula is C16H17F3N4O2. The molecule has 1 amide bonds. The largest absolute Gasteiger partial charge is 0.573 e. The van der Waals surface area contributed by atoms with E-state index in [0.717, 1.165) is 24.2 Å². The van der Waals surface area contributed by atoms with Gasteiger partial charge in [0.15, 0.2) is 5.69 Å². The van der Waals surface area contributed by atoms with Crippen molar-refractivity contribution < 1.29 is 22.7 Å². The average Bonchev–Trinajstić information content (AvgIpc) is 2.96. The Morgan fingerprint density at radius 2 is 2.20 bits per heavy atom. The molecule has 0 unspecified atom stereocenters. The van der Waals surface area contributed by atoms with Crippen LogP contribution in [0.1, 0.15) is 27.3 Å². The van der Waals surface area contributed by atoms with Gasteiger partial charge in [0, 0.05) is 44.4 Å². The van der Waals surface area contributed by atoms with Crippen molar-refractivity contribution in [2.75, 3.05) is 13.6 Å². The van der Waals surface area contributed by atoms with E-state index in [1.807, 2.05) is 0 Å². The molecule has 0 atom stereocenters. The van der Waals surface area contributed by atoms with Gasteiger partial charge in [-0.25, -0.2) is 0 Å². The van der Waals surface area contributed by atoms with E-state index in [2.05, 4.69) is 20.3 Å². The van der Waals surface area contributed by atoms with Crippen LogP contribution in [-0.2, 0) is 19.5 Å². The topological polar surface area (TPSA) is 70.2 Å². The SMILES string of the molecule is CN(Cc1cccc(OC(F)(F)F)c1)C(=O)c1n[nH]c2c1CNCC2. The zero-order valence-electron chi connectivity index (χ0n) is 13.5. The molecule has 2 heterocycles. The van der Waals surface area contributed by atoms with Crippen LogP contribution in [0, 0.1) is 0 Å². The second kappa shape index (κ2) is 6.75. The third-order valence-corrected chi connectivity index (χ3v) is 3.91. The van der Waals surface area contributed by atoms with Gasteiger partial charge in [-0.2, -0.15) is 5.10 Å². The molecule has 0 radical (unpaired) electrons. The number of benzene rings is 1. The number of hydrogen-bond acceptors (Lipinski definition) is 4. The first-order valence-electron chi connectivity index (χ1n) is 7.70. The van der Waals surface area contributed by atoms with Crippen molar-refractivity contribution in [3.63, 3.8) is 0 Å². The van der Waals surface area contributed by atoms with Gasteiger partial charge in [0.25, 0.3) is 5.91 Å². The maximum Gasteiger partial charge on any atom is 0.573 e. The Morgan fingerprint density at radius 3 is 2.96 bits per heavy atom. The summed E-state index contributed by atoms with van der Waals surface area (Å²) >= 11 is 0. The molecular weight excluding hydrogens is 337 g/mol. The highest BCUT2D eigenvalue weighted by atomic mass is 19.4. The van der Waals surface area contributed by atoms with Gasteiger partial charge in [0.2, 0.25) is 0 Å². The Balaban J connectivity index is 1.72. The summed E-state index contributed by atoms with van der Waals surface area (Å²) < 4.78 is 40.8. The molecule has 0 spiro atoms. The number of hydrogen-bond donors (Lipinski definition) is 2. The van der Waals surface area contributed by atoms with E-state index in [4.69, 9.17) is 0 Å². The molecule has 3 rings (SSSR count). The molecule has 1 aliphatic rings. The zero-order valence-corrected chi connectivity index (χ0v) is 13.5. The van der Waals surface area contributed by atoms with Crippen molar-refractivity contribution >= 4 is 5.91 Å². The van der Waals surface area contributed by atoms with Crippen molar-refractivity contribution in [2.24, 2.45) is 0 Å². The molecule has 1 aromatic carbocycles. The summed E-state index contributed by atoms with van der Waals surface area (Å²) in [6.45, 7) is 1.53. The maximum atomic E-state index is 12.6. The summed E-state index contributed by atoms with van der Waals surface area (Å²) in [5.41, 5.74) is 2.65. The lowest BCUT2D eigenvalue weighted by molar-refractivity contribution is -0.274. The number of aromatic nitrogens is 2. The minimum Gasteiger partial charge on any atom is -0.406 e. The average molecular weight is 354 g/mol. The van der Waals surface area contributed by atoms with Crippen LogP contribution < -0.4 is 10.1 Å². The number of halogens is 3. The number of ether oxygens (including phenoxy) is 1. The third kappa shape index (κ3) is 4.11. The van der Waals surface area contributed by atoms with Crippen LogP contribution in [0.5, 0.6) is 5.75 Å². The van der Waals surface area contributed by atoms with Gasteiger partial charge in [-0.15, -0.1) is 13.2 Å². The predicted octanol–water partition coefficient (Wildman–Crippen LogP) is 2.23. The summed E-state index contributed by atoms with van der Waals surface area (Å²) in [5, 5.41) is 10.2. The Morgan fingerprint density at radius 1 is 1.40 bits per heavy atom. The minimum absolute atomic E-state index is 0.142. The van der Waals surface area contributed by atoms with Crippen molar-refractivity contribution in [2.45, 2.75) is 25.9 Å². The number of carbonyl (C=O) groups excluding carboxylic acids is 1. The second-order valence-electron chi connectivity index (χ2n) is 5.81. The van der Waals surface area contributed by atoms with Crippen LogP contribution >= 0.6 is 0 Å². The lowest BCUT2D eigenvalue weighted by Gasteiger charge is -2.19. The predicted molar refractivity (Wildman–Crippen MR) is 82.9 cm³/mol. The highest BCUT2D eigenvalue weighted by molar-refractivity contribution is 5.93. The monoisotopic (exact) mass is 354 g/mol. The molecule has 6 nitrogen and oxygen atoms in total. The van der Waals surface area contributed by atoms with E-state index in [0.29, 0.717) is 17.8 Å². The molecule has 0 saturated carbocycles. The normalized spacial score (nSPS) is 14.1. The number of alkyl halides is 3. The highest BCUT2D eigenvalue weighted by Crippen LogP contribution is 2.24. The smallest absolute Gasteiger partial charge is 0.406 e. The fourth-order valence-corrected chi connectivity index (χ4v) is 2.77. The first-order chi connectivity index (χ1) is 11.8. The van der Waals surface area contributed by atoms with E-state index in [1.54, 1.807) is 13.1 Å². The lowest BCUT2D eigenvalue weighted by Crippen LogP contribution is -2.30. The summed E-state index contributed by atoms with van der Waals surface area (Å²) in [6, 6.07) is 5.57. The standard InChI is InChI=1S/C16H17F3N4O2/c1-23(9-10-3-2-4-11(7-10)25-16(17,18)19)15(24)14-12-8-20-6-5-13(12)21-22-14/h2-4,7,20H,5-6,8-9H2,1H3,(H,21,22). The van der Waals surface area contributed by atoms with Gasteiger partial charge in [0.1, 0.15) is 5.75 Å². The molecule has 2 aromatic rings. The fraction of sp³-hybridized carbons (Fsp3) is 0.375. The first-order valence-corrected chi connectivity index (χ1v) is 7.70. The van der Waals surface area contributed by atoms with Crippen molar-refractivity contribution in [1.29, 1.82) is 0 Å². The fourth-order valence-electron chi connectivity index (χ4n) is 2.77. The summed E-state index contributed by atoms with van der Waals surface area (Å²) in [5.74, 6) is -0.601. The van der Waals surface area contributed by atoms with Gasteiger partial charge in [-0.1, -0.05) is 12.1 Å². The summed E-state index contributed by atoms with van der Waals surface area (Å²) in [4.78, 5) is 14.0. The van der Waals surface area contributed by atoms with Crippen LogP contribution in [0.2, 0.25) is 0 Å². The maximum absolute atomic E-state index is 12.6. The Hall–Kier alpha value is -2.55. The number of nitrogens with zero attached hydrogens (tertiary/aromatic N) is 2. The van der Waals surface area contributed by atoms with Crippen LogP contribution in [0.3, 0.4) is 0 Å². The number of aromatic amines is 1. The number of carbonyl (C=O) groups is 1. The minimum atomic E-state index is -4.75. The molecule has 0 saturated heterocycles. The first kappa shape index (κ1) is 17.3. The number of amides is 1. The second-order valence-corrected chi connectivity index (χ2v) is 5.81. The number of H-pyrrole nitrogens is 1. The Bertz CT molecular complexity index is 773. The molecule has 0 fully saturated rings. The van der Waals surface area contributed by atoms with E-state index in [9.17, 15) is 18.0 Å². The van der Waals surface area contributed by atoms with Crippen LogP contribution in [0.25, 0.3) is 0 Å². The van der Waals surface area contributed by atoms with Crippen molar-refractivity contribution in [1.82, 2.24) is 20.4 Å². The molecule has 134 valence electrons. The van der Waals surface area contributed by atoms with E-state index in [1.165, 1.54) is 23.1 Å². The van der Waals surface area contributed by atoms with Gasteiger partial charge in [-0.05, 0) is 17.7 Å². The van der Waals surface area contributed by atoms with E-state index in [-0.39, 0.29) is 18.2 Å². The van der Waals surface area contributed by atoms with E-state index >= 15 is 0 Å². The third-order valence-electron chi connectivity index (χ3n) is 3.91. The van der Waals surface area contributed by atoms with Crippen LogP contribution in [0.15, 0.2) is 24.3 Å².